The summed E-state index contributed by atoms with van der Waals surface area (Å²) >= 11 is 0. The summed E-state index contributed by atoms with van der Waals surface area (Å²) in [6, 6.07) is 13.0. The SMILES string of the molecule is CCCOC1CCCN(C(=O)c2ccc3nc(-c4cccc(OC)c4)oc3c2)C1. The average Bonchev–Trinajstić information content (AvgIpc) is 3.21. The Bertz CT molecular complexity index is 997. The van der Waals surface area contributed by atoms with E-state index in [1.54, 1.807) is 13.2 Å². The van der Waals surface area contributed by atoms with Gasteiger partial charge >= 0.3 is 0 Å². The minimum Gasteiger partial charge on any atom is -0.497 e. The number of hydrogen-bond donors (Lipinski definition) is 0. The first-order valence-corrected chi connectivity index (χ1v) is 10.1. The van der Waals surface area contributed by atoms with Crippen LogP contribution in [0, 0.1) is 0 Å². The van der Waals surface area contributed by atoms with Gasteiger partial charge in [-0.05, 0) is 55.7 Å². The van der Waals surface area contributed by atoms with Crippen molar-refractivity contribution in [1.82, 2.24) is 9.88 Å². The number of fused-ring (bicyclic) bond motifs is 1. The molecule has 0 bridgehead atoms. The summed E-state index contributed by atoms with van der Waals surface area (Å²) in [4.78, 5) is 19.4. The Balaban J connectivity index is 1.54. The van der Waals surface area contributed by atoms with E-state index in [0.29, 0.717) is 23.6 Å². The maximum absolute atomic E-state index is 13.0. The maximum atomic E-state index is 13.0. The molecule has 0 radical (unpaired) electrons. The van der Waals surface area contributed by atoms with Gasteiger partial charge in [-0.1, -0.05) is 13.0 Å². The molecule has 2 aromatic carbocycles. The summed E-state index contributed by atoms with van der Waals surface area (Å²) in [5, 5.41) is 0. The van der Waals surface area contributed by atoms with Gasteiger partial charge in [0, 0.05) is 30.8 Å². The lowest BCUT2D eigenvalue weighted by atomic mass is 10.1. The van der Waals surface area contributed by atoms with Crippen LogP contribution in [0.5, 0.6) is 5.75 Å². The number of carbonyl (C=O) groups excluding carboxylic acids is 1. The van der Waals surface area contributed by atoms with Crippen molar-refractivity contribution in [2.24, 2.45) is 0 Å². The van der Waals surface area contributed by atoms with Gasteiger partial charge in [0.2, 0.25) is 5.89 Å². The lowest BCUT2D eigenvalue weighted by Crippen LogP contribution is -2.43. The fourth-order valence-electron chi connectivity index (χ4n) is 3.66. The number of oxazole rings is 1. The van der Waals surface area contributed by atoms with Crippen LogP contribution in [0.15, 0.2) is 46.9 Å². The standard InChI is InChI=1S/C23H26N2O4/c1-3-12-28-19-8-5-11-25(15-19)23(26)17-9-10-20-21(14-17)29-22(24-20)16-6-4-7-18(13-16)27-2/h4,6-7,9-10,13-14,19H,3,5,8,11-12,15H2,1-2H3. The zero-order valence-electron chi connectivity index (χ0n) is 16.9. The van der Waals surface area contributed by atoms with Gasteiger partial charge in [0.1, 0.15) is 11.3 Å². The highest BCUT2D eigenvalue weighted by atomic mass is 16.5. The van der Waals surface area contributed by atoms with Crippen molar-refractivity contribution < 1.29 is 18.7 Å². The molecule has 2 heterocycles. The molecule has 1 aromatic heterocycles. The largest absolute Gasteiger partial charge is 0.497 e. The highest BCUT2D eigenvalue weighted by molar-refractivity contribution is 5.97. The van der Waals surface area contributed by atoms with E-state index in [-0.39, 0.29) is 12.0 Å². The fraction of sp³-hybridized carbons (Fsp3) is 0.391. The number of nitrogens with zero attached hydrogens (tertiary/aromatic N) is 2. The monoisotopic (exact) mass is 394 g/mol. The van der Waals surface area contributed by atoms with E-state index in [0.717, 1.165) is 49.2 Å². The lowest BCUT2D eigenvalue weighted by Gasteiger charge is -2.32. The van der Waals surface area contributed by atoms with Crippen LogP contribution in [0.1, 0.15) is 36.5 Å². The molecular weight excluding hydrogens is 368 g/mol. The van der Waals surface area contributed by atoms with Gasteiger partial charge in [-0.2, -0.15) is 0 Å². The minimum atomic E-state index is 0.0102. The van der Waals surface area contributed by atoms with Gasteiger partial charge in [0.25, 0.3) is 5.91 Å². The van der Waals surface area contributed by atoms with Crippen LogP contribution in [-0.2, 0) is 4.74 Å². The van der Waals surface area contributed by atoms with Gasteiger partial charge in [-0.15, -0.1) is 0 Å². The molecule has 1 unspecified atom stereocenters. The third-order valence-electron chi connectivity index (χ3n) is 5.18. The normalized spacial score (nSPS) is 16.9. The first-order valence-electron chi connectivity index (χ1n) is 10.1. The second-order valence-electron chi connectivity index (χ2n) is 7.32. The summed E-state index contributed by atoms with van der Waals surface area (Å²) in [6.07, 6.45) is 3.09. The number of methoxy groups -OCH3 is 1. The predicted molar refractivity (Wildman–Crippen MR) is 111 cm³/mol. The van der Waals surface area contributed by atoms with Crippen LogP contribution in [0.4, 0.5) is 0 Å². The van der Waals surface area contributed by atoms with E-state index in [9.17, 15) is 4.79 Å². The zero-order chi connectivity index (χ0) is 20.2. The van der Waals surface area contributed by atoms with Crippen molar-refractivity contribution in [3.05, 3.63) is 48.0 Å². The molecule has 29 heavy (non-hydrogen) atoms. The van der Waals surface area contributed by atoms with E-state index in [2.05, 4.69) is 11.9 Å². The van der Waals surface area contributed by atoms with Crippen LogP contribution in [-0.4, -0.2) is 48.7 Å². The Morgan fingerprint density at radius 3 is 3.00 bits per heavy atom. The zero-order valence-corrected chi connectivity index (χ0v) is 16.9. The van der Waals surface area contributed by atoms with Crippen LogP contribution in [0.2, 0.25) is 0 Å². The minimum absolute atomic E-state index is 0.0102. The molecular formula is C23H26N2O4. The fourth-order valence-corrected chi connectivity index (χ4v) is 3.66. The predicted octanol–water partition coefficient (Wildman–Crippen LogP) is 4.53. The van der Waals surface area contributed by atoms with E-state index < -0.39 is 0 Å². The molecule has 0 N–H and O–H groups in total. The number of hydrogen-bond acceptors (Lipinski definition) is 5. The number of benzene rings is 2. The number of likely N-dealkylation sites (tertiary alicyclic amines) is 1. The second kappa shape index (κ2) is 8.66. The molecule has 1 aliphatic rings. The van der Waals surface area contributed by atoms with Crippen molar-refractivity contribution in [3.63, 3.8) is 0 Å². The van der Waals surface area contributed by atoms with Gasteiger partial charge < -0.3 is 18.8 Å². The smallest absolute Gasteiger partial charge is 0.254 e. The van der Waals surface area contributed by atoms with Crippen molar-refractivity contribution in [3.8, 4) is 17.2 Å². The van der Waals surface area contributed by atoms with Crippen molar-refractivity contribution >= 4 is 17.0 Å². The van der Waals surface area contributed by atoms with Crippen LogP contribution >= 0.6 is 0 Å². The van der Waals surface area contributed by atoms with Gasteiger partial charge in [0.15, 0.2) is 5.58 Å². The Morgan fingerprint density at radius 2 is 2.17 bits per heavy atom. The van der Waals surface area contributed by atoms with Crippen molar-refractivity contribution in [1.29, 1.82) is 0 Å². The van der Waals surface area contributed by atoms with E-state index in [4.69, 9.17) is 13.9 Å². The first kappa shape index (κ1) is 19.5. The molecule has 0 aliphatic carbocycles. The summed E-state index contributed by atoms with van der Waals surface area (Å²) in [5.74, 6) is 1.26. The molecule has 1 saturated heterocycles. The van der Waals surface area contributed by atoms with Gasteiger partial charge in [0.05, 0.1) is 13.2 Å². The second-order valence-corrected chi connectivity index (χ2v) is 7.32. The number of amides is 1. The maximum Gasteiger partial charge on any atom is 0.254 e. The quantitative estimate of drug-likeness (QED) is 0.614. The molecule has 3 aromatic rings. The number of piperidine rings is 1. The Morgan fingerprint density at radius 1 is 1.28 bits per heavy atom. The first-order chi connectivity index (χ1) is 14.2. The summed E-state index contributed by atoms with van der Waals surface area (Å²) in [5.41, 5.74) is 2.77. The number of aromatic nitrogens is 1. The molecule has 1 amide bonds. The summed E-state index contributed by atoms with van der Waals surface area (Å²) < 4.78 is 17.1. The Labute approximate surface area is 170 Å². The van der Waals surface area contributed by atoms with Crippen molar-refractivity contribution in [2.45, 2.75) is 32.3 Å². The Kier molecular flexibility index (Phi) is 5.81. The number of carbonyl (C=O) groups is 1. The van der Waals surface area contributed by atoms with Gasteiger partial charge in [-0.25, -0.2) is 4.98 Å². The third-order valence-corrected chi connectivity index (χ3v) is 5.18. The molecule has 1 aliphatic heterocycles. The lowest BCUT2D eigenvalue weighted by molar-refractivity contribution is 0.00211. The van der Waals surface area contributed by atoms with E-state index in [1.807, 2.05) is 41.3 Å². The molecule has 6 heteroatoms. The Hall–Kier alpha value is -2.86. The average molecular weight is 394 g/mol. The highest BCUT2D eigenvalue weighted by Gasteiger charge is 2.25. The molecule has 1 atom stereocenters. The molecule has 4 rings (SSSR count). The van der Waals surface area contributed by atoms with Crippen LogP contribution in [0.3, 0.4) is 0 Å². The molecule has 1 fully saturated rings. The number of ether oxygens (including phenoxy) is 2. The van der Waals surface area contributed by atoms with Crippen LogP contribution < -0.4 is 4.74 Å². The van der Waals surface area contributed by atoms with E-state index >= 15 is 0 Å². The topological polar surface area (TPSA) is 64.8 Å². The highest BCUT2D eigenvalue weighted by Crippen LogP contribution is 2.28. The number of rotatable bonds is 6. The molecule has 0 saturated carbocycles. The van der Waals surface area contributed by atoms with Crippen molar-refractivity contribution in [2.75, 3.05) is 26.8 Å². The molecule has 152 valence electrons. The third kappa shape index (κ3) is 4.27. The van der Waals surface area contributed by atoms with E-state index in [1.165, 1.54) is 0 Å². The summed E-state index contributed by atoms with van der Waals surface area (Å²) in [6.45, 7) is 4.23. The van der Waals surface area contributed by atoms with Crippen LogP contribution in [0.25, 0.3) is 22.6 Å². The van der Waals surface area contributed by atoms with Gasteiger partial charge in [-0.3, -0.25) is 4.79 Å². The molecule has 6 nitrogen and oxygen atoms in total. The molecule has 0 spiro atoms. The summed E-state index contributed by atoms with van der Waals surface area (Å²) in [7, 11) is 1.63.